The molecule has 2 heterocycles. The number of aliphatic hydroxyl groups is 1. The van der Waals surface area contributed by atoms with Crippen LogP contribution in [-0.2, 0) is 4.79 Å². The third kappa shape index (κ3) is 2.20. The van der Waals surface area contributed by atoms with Gasteiger partial charge in [-0.3, -0.25) is 4.79 Å². The molecule has 0 radical (unpaired) electrons. The first-order chi connectivity index (χ1) is 8.10. The highest BCUT2D eigenvalue weighted by Gasteiger charge is 2.47. The van der Waals surface area contributed by atoms with Crippen molar-refractivity contribution in [1.29, 1.82) is 0 Å². The molecule has 2 unspecified atom stereocenters. The minimum Gasteiger partial charge on any atom is -0.396 e. The summed E-state index contributed by atoms with van der Waals surface area (Å²) in [6, 6.07) is 0. The molecule has 98 valence electrons. The van der Waals surface area contributed by atoms with Crippen LogP contribution in [0.1, 0.15) is 26.7 Å². The number of hydrogen-bond donors (Lipinski definition) is 2. The molecule has 0 aromatic carbocycles. The Balaban J connectivity index is 2.07. The van der Waals surface area contributed by atoms with Crippen LogP contribution in [-0.4, -0.2) is 48.7 Å². The summed E-state index contributed by atoms with van der Waals surface area (Å²) in [7, 11) is 0. The average Bonchev–Trinajstić information content (AvgIpc) is 2.98. The van der Waals surface area contributed by atoms with Crippen LogP contribution in [0.4, 0.5) is 0 Å². The van der Waals surface area contributed by atoms with Crippen LogP contribution >= 0.6 is 0 Å². The van der Waals surface area contributed by atoms with Crippen molar-refractivity contribution in [2.45, 2.75) is 26.7 Å². The van der Waals surface area contributed by atoms with E-state index in [4.69, 9.17) is 5.11 Å². The number of aliphatic hydroxyl groups excluding tert-OH is 1. The minimum absolute atomic E-state index is 0.204. The first-order valence-electron chi connectivity index (χ1n) is 6.71. The quantitative estimate of drug-likeness (QED) is 0.753. The second kappa shape index (κ2) is 4.94. The third-order valence-corrected chi connectivity index (χ3v) is 4.55. The van der Waals surface area contributed by atoms with Gasteiger partial charge in [0.1, 0.15) is 0 Å². The highest BCUT2D eigenvalue weighted by atomic mass is 16.3. The maximum atomic E-state index is 12.7. The summed E-state index contributed by atoms with van der Waals surface area (Å²) in [5.41, 5.74) is -0.204. The van der Waals surface area contributed by atoms with Gasteiger partial charge in [-0.2, -0.15) is 0 Å². The molecule has 2 aliphatic rings. The predicted octanol–water partition coefficient (Wildman–Crippen LogP) is 0.463. The SMILES string of the molecule is CC(C)C1(C(=O)N2CCC(CO)C2)CCNC1. The average molecular weight is 240 g/mol. The van der Waals surface area contributed by atoms with Crippen molar-refractivity contribution in [3.05, 3.63) is 0 Å². The summed E-state index contributed by atoms with van der Waals surface area (Å²) in [6.45, 7) is 7.80. The van der Waals surface area contributed by atoms with Crippen LogP contribution in [0.15, 0.2) is 0 Å². The number of carbonyl (C=O) groups is 1. The number of nitrogens with zero attached hydrogens (tertiary/aromatic N) is 1. The minimum atomic E-state index is -0.204. The van der Waals surface area contributed by atoms with Crippen molar-refractivity contribution in [3.8, 4) is 0 Å². The zero-order valence-electron chi connectivity index (χ0n) is 10.9. The van der Waals surface area contributed by atoms with Crippen LogP contribution in [0, 0.1) is 17.3 Å². The number of rotatable bonds is 3. The fourth-order valence-corrected chi connectivity index (χ4v) is 3.11. The third-order valence-electron chi connectivity index (χ3n) is 4.55. The molecule has 2 saturated heterocycles. The van der Waals surface area contributed by atoms with Gasteiger partial charge in [0.05, 0.1) is 5.41 Å². The standard InChI is InChI=1S/C13H24N2O2/c1-10(2)13(4-5-14-9-13)12(17)15-6-3-11(7-15)8-16/h10-11,14,16H,3-9H2,1-2H3. The highest BCUT2D eigenvalue weighted by molar-refractivity contribution is 5.84. The summed E-state index contributed by atoms with van der Waals surface area (Å²) in [5.74, 6) is 0.962. The Hall–Kier alpha value is -0.610. The Morgan fingerprint density at radius 1 is 1.59 bits per heavy atom. The summed E-state index contributed by atoms with van der Waals surface area (Å²) in [5, 5.41) is 12.5. The molecule has 2 aliphatic heterocycles. The molecule has 0 spiro atoms. The Labute approximate surface area is 103 Å². The lowest BCUT2D eigenvalue weighted by atomic mass is 9.75. The lowest BCUT2D eigenvalue weighted by Gasteiger charge is -2.35. The van der Waals surface area contributed by atoms with E-state index < -0.39 is 0 Å². The van der Waals surface area contributed by atoms with E-state index in [1.165, 1.54) is 0 Å². The first-order valence-corrected chi connectivity index (χ1v) is 6.71. The maximum Gasteiger partial charge on any atom is 0.230 e. The Morgan fingerprint density at radius 2 is 2.35 bits per heavy atom. The number of nitrogens with one attached hydrogen (secondary N) is 1. The molecular weight excluding hydrogens is 216 g/mol. The Morgan fingerprint density at radius 3 is 2.82 bits per heavy atom. The molecule has 0 aliphatic carbocycles. The molecule has 2 fully saturated rings. The Kier molecular flexibility index (Phi) is 3.73. The van der Waals surface area contributed by atoms with Gasteiger partial charge >= 0.3 is 0 Å². The van der Waals surface area contributed by atoms with Crippen molar-refractivity contribution in [2.75, 3.05) is 32.8 Å². The van der Waals surface area contributed by atoms with E-state index in [2.05, 4.69) is 19.2 Å². The van der Waals surface area contributed by atoms with Gasteiger partial charge in [-0.1, -0.05) is 13.8 Å². The van der Waals surface area contributed by atoms with E-state index in [1.54, 1.807) is 0 Å². The molecule has 2 rings (SSSR count). The number of amides is 1. The van der Waals surface area contributed by atoms with Gasteiger partial charge in [-0.25, -0.2) is 0 Å². The van der Waals surface area contributed by atoms with Gasteiger partial charge < -0.3 is 15.3 Å². The molecule has 0 aromatic heterocycles. The van der Waals surface area contributed by atoms with Crippen molar-refractivity contribution in [2.24, 2.45) is 17.3 Å². The van der Waals surface area contributed by atoms with Gasteiger partial charge in [0.15, 0.2) is 0 Å². The van der Waals surface area contributed by atoms with Gasteiger partial charge in [0.2, 0.25) is 5.91 Å². The first kappa shape index (κ1) is 12.8. The van der Waals surface area contributed by atoms with Crippen LogP contribution < -0.4 is 5.32 Å². The zero-order chi connectivity index (χ0) is 12.5. The van der Waals surface area contributed by atoms with Crippen molar-refractivity contribution in [3.63, 3.8) is 0 Å². The summed E-state index contributed by atoms with van der Waals surface area (Å²) in [4.78, 5) is 14.6. The fourth-order valence-electron chi connectivity index (χ4n) is 3.11. The monoisotopic (exact) mass is 240 g/mol. The largest absolute Gasteiger partial charge is 0.396 e. The zero-order valence-corrected chi connectivity index (χ0v) is 10.9. The molecule has 4 heteroatoms. The summed E-state index contributed by atoms with van der Waals surface area (Å²) in [6.07, 6.45) is 1.90. The molecule has 4 nitrogen and oxygen atoms in total. The van der Waals surface area contributed by atoms with Gasteiger partial charge in [-0.15, -0.1) is 0 Å². The number of likely N-dealkylation sites (tertiary alicyclic amines) is 1. The summed E-state index contributed by atoms with van der Waals surface area (Å²) >= 11 is 0. The highest BCUT2D eigenvalue weighted by Crippen LogP contribution is 2.37. The van der Waals surface area contributed by atoms with Gasteiger partial charge in [-0.05, 0) is 25.3 Å². The topological polar surface area (TPSA) is 52.6 Å². The molecule has 0 aromatic rings. The Bertz CT molecular complexity index is 285. The van der Waals surface area contributed by atoms with E-state index in [1.807, 2.05) is 4.90 Å². The second-order valence-corrected chi connectivity index (χ2v) is 5.83. The van der Waals surface area contributed by atoms with Crippen molar-refractivity contribution in [1.82, 2.24) is 10.2 Å². The fraction of sp³-hybridized carbons (Fsp3) is 0.923. The molecule has 2 atom stereocenters. The molecule has 0 bridgehead atoms. The van der Waals surface area contributed by atoms with Crippen LogP contribution in [0.3, 0.4) is 0 Å². The lowest BCUT2D eigenvalue weighted by molar-refractivity contribution is -0.142. The second-order valence-electron chi connectivity index (χ2n) is 5.83. The molecule has 2 N–H and O–H groups in total. The van der Waals surface area contributed by atoms with Crippen LogP contribution in [0.2, 0.25) is 0 Å². The van der Waals surface area contributed by atoms with E-state index >= 15 is 0 Å². The van der Waals surface area contributed by atoms with E-state index in [9.17, 15) is 4.79 Å². The smallest absolute Gasteiger partial charge is 0.230 e. The molecule has 1 amide bonds. The lowest BCUT2D eigenvalue weighted by Crippen LogP contribution is -2.47. The predicted molar refractivity (Wildman–Crippen MR) is 66.5 cm³/mol. The normalized spacial score (nSPS) is 33.6. The summed E-state index contributed by atoms with van der Waals surface area (Å²) < 4.78 is 0. The number of carbonyl (C=O) groups excluding carboxylic acids is 1. The van der Waals surface area contributed by atoms with E-state index in [0.29, 0.717) is 11.8 Å². The van der Waals surface area contributed by atoms with Crippen LogP contribution in [0.25, 0.3) is 0 Å². The van der Waals surface area contributed by atoms with Gasteiger partial charge in [0, 0.05) is 32.2 Å². The van der Waals surface area contributed by atoms with E-state index in [0.717, 1.165) is 39.0 Å². The maximum absolute atomic E-state index is 12.7. The molecule has 0 saturated carbocycles. The molecular formula is C13H24N2O2. The number of hydrogen-bond acceptors (Lipinski definition) is 3. The van der Waals surface area contributed by atoms with Crippen LogP contribution in [0.5, 0.6) is 0 Å². The molecule has 17 heavy (non-hydrogen) atoms. The van der Waals surface area contributed by atoms with Crippen molar-refractivity contribution >= 4 is 5.91 Å². The van der Waals surface area contributed by atoms with Gasteiger partial charge in [0.25, 0.3) is 0 Å². The van der Waals surface area contributed by atoms with E-state index in [-0.39, 0.29) is 17.9 Å². The van der Waals surface area contributed by atoms with Crippen molar-refractivity contribution < 1.29 is 9.90 Å².